The molecule has 0 bridgehead atoms. The molecule has 19 heavy (non-hydrogen) atoms. The molecule has 0 radical (unpaired) electrons. The predicted molar refractivity (Wildman–Crippen MR) is 75.8 cm³/mol. The largest absolute Gasteiger partial charge is 0.345 e. The summed E-state index contributed by atoms with van der Waals surface area (Å²) >= 11 is 3.43. The maximum absolute atomic E-state index is 4.57. The second kappa shape index (κ2) is 3.89. The van der Waals surface area contributed by atoms with Crippen molar-refractivity contribution in [1.82, 2.24) is 24.6 Å². The Balaban J connectivity index is 1.94. The van der Waals surface area contributed by atoms with Crippen LogP contribution in [0.5, 0.6) is 0 Å². The third-order valence-electron chi connectivity index (χ3n) is 3.04. The number of nitrogens with one attached hydrogen (secondary N) is 1. The highest BCUT2D eigenvalue weighted by molar-refractivity contribution is 9.10. The average molecular weight is 314 g/mol. The monoisotopic (exact) mass is 313 g/mol. The lowest BCUT2D eigenvalue weighted by molar-refractivity contribution is 0.922. The normalized spacial score (nSPS) is 11.4. The molecule has 3 aromatic heterocycles. The molecule has 0 amide bonds. The molecule has 0 aliphatic heterocycles. The molecule has 4 rings (SSSR count). The summed E-state index contributed by atoms with van der Waals surface area (Å²) in [5.74, 6) is 0. The minimum Gasteiger partial charge on any atom is -0.345 e. The number of rotatable bonds is 1. The zero-order chi connectivity index (χ0) is 12.8. The van der Waals surface area contributed by atoms with Gasteiger partial charge in [0.2, 0.25) is 0 Å². The Morgan fingerprint density at radius 3 is 3.00 bits per heavy atom. The van der Waals surface area contributed by atoms with Crippen molar-refractivity contribution in [2.75, 3.05) is 0 Å². The second-order valence-corrected chi connectivity index (χ2v) is 5.02. The smallest absolute Gasteiger partial charge is 0.154 e. The number of H-pyrrole nitrogens is 1. The molecule has 0 saturated carbocycles. The molecule has 5 nitrogen and oxygen atoms in total. The number of halogens is 1. The van der Waals surface area contributed by atoms with Crippen molar-refractivity contribution < 1.29 is 0 Å². The fourth-order valence-electron chi connectivity index (χ4n) is 2.09. The molecule has 0 unspecified atom stereocenters. The van der Waals surface area contributed by atoms with Gasteiger partial charge in [-0.1, -0.05) is 6.07 Å². The third-order valence-corrected chi connectivity index (χ3v) is 3.58. The van der Waals surface area contributed by atoms with Gasteiger partial charge in [-0.25, -0.2) is 14.5 Å². The third kappa shape index (κ3) is 1.64. The first-order valence-electron chi connectivity index (χ1n) is 5.75. The van der Waals surface area contributed by atoms with E-state index in [0.29, 0.717) is 0 Å². The fraction of sp³-hybridized carbons (Fsp3) is 0. The molecule has 6 heteroatoms. The molecule has 0 saturated heterocycles. The number of aromatic nitrogens is 5. The number of imidazole rings is 2. The Bertz CT molecular complexity index is 892. The van der Waals surface area contributed by atoms with Crippen LogP contribution in [0.4, 0.5) is 0 Å². The summed E-state index contributed by atoms with van der Waals surface area (Å²) in [4.78, 5) is 11.5. The molecule has 0 aliphatic rings. The van der Waals surface area contributed by atoms with Gasteiger partial charge >= 0.3 is 0 Å². The van der Waals surface area contributed by atoms with Gasteiger partial charge in [-0.2, -0.15) is 5.10 Å². The number of fused-ring (bicyclic) bond motifs is 2. The van der Waals surface area contributed by atoms with Gasteiger partial charge in [0.25, 0.3) is 0 Å². The van der Waals surface area contributed by atoms with Crippen LogP contribution in [-0.2, 0) is 0 Å². The molecular formula is C13H8BrN5. The molecule has 3 heterocycles. The SMILES string of the molecule is Brc1cnc2ccc(-c3ccc4nc[nH]c4c3)nn12. The van der Waals surface area contributed by atoms with Crippen molar-refractivity contribution in [3.8, 4) is 11.3 Å². The number of hydrogen-bond acceptors (Lipinski definition) is 3. The lowest BCUT2D eigenvalue weighted by Gasteiger charge is -2.02. The fourth-order valence-corrected chi connectivity index (χ4v) is 2.46. The Morgan fingerprint density at radius 2 is 2.05 bits per heavy atom. The summed E-state index contributed by atoms with van der Waals surface area (Å²) < 4.78 is 2.61. The van der Waals surface area contributed by atoms with Crippen molar-refractivity contribution in [1.29, 1.82) is 0 Å². The molecule has 0 atom stereocenters. The first-order chi connectivity index (χ1) is 9.31. The maximum atomic E-state index is 4.57. The Morgan fingerprint density at radius 1 is 1.11 bits per heavy atom. The van der Waals surface area contributed by atoms with E-state index in [2.05, 4.69) is 36.0 Å². The molecule has 0 spiro atoms. The van der Waals surface area contributed by atoms with Gasteiger partial charge in [0.05, 0.1) is 29.3 Å². The Kier molecular flexibility index (Phi) is 2.19. The lowest BCUT2D eigenvalue weighted by Crippen LogP contribution is -1.94. The van der Waals surface area contributed by atoms with Crippen LogP contribution in [0.15, 0.2) is 47.5 Å². The van der Waals surface area contributed by atoms with E-state index >= 15 is 0 Å². The summed E-state index contributed by atoms with van der Waals surface area (Å²) in [5, 5.41) is 4.57. The van der Waals surface area contributed by atoms with Gasteiger partial charge in [0, 0.05) is 5.56 Å². The average Bonchev–Trinajstić information content (AvgIpc) is 3.05. The first kappa shape index (κ1) is 10.7. The van der Waals surface area contributed by atoms with Crippen LogP contribution >= 0.6 is 15.9 Å². The summed E-state index contributed by atoms with van der Waals surface area (Å²) in [6.45, 7) is 0. The quantitative estimate of drug-likeness (QED) is 0.587. The van der Waals surface area contributed by atoms with Crippen LogP contribution in [0.1, 0.15) is 0 Å². The van der Waals surface area contributed by atoms with Crippen LogP contribution < -0.4 is 0 Å². The van der Waals surface area contributed by atoms with E-state index in [-0.39, 0.29) is 0 Å². The molecular weight excluding hydrogens is 306 g/mol. The van der Waals surface area contributed by atoms with Gasteiger partial charge in [-0.15, -0.1) is 0 Å². The van der Waals surface area contributed by atoms with E-state index in [4.69, 9.17) is 0 Å². The van der Waals surface area contributed by atoms with Crippen molar-refractivity contribution in [2.45, 2.75) is 0 Å². The molecule has 4 aromatic rings. The Labute approximate surface area is 116 Å². The standard InChI is InChI=1S/C13H8BrN5/c14-12-6-15-13-4-3-9(18-19(12)13)8-1-2-10-11(5-8)17-7-16-10/h1-7H,(H,16,17). The Hall–Kier alpha value is -2.21. The summed E-state index contributed by atoms with van der Waals surface area (Å²) in [6.07, 6.45) is 3.43. The van der Waals surface area contributed by atoms with Gasteiger partial charge in [0.1, 0.15) is 4.60 Å². The highest BCUT2D eigenvalue weighted by Crippen LogP contribution is 2.22. The van der Waals surface area contributed by atoms with Crippen molar-refractivity contribution >= 4 is 32.6 Å². The van der Waals surface area contributed by atoms with Gasteiger partial charge in [-0.3, -0.25) is 0 Å². The van der Waals surface area contributed by atoms with Crippen LogP contribution in [-0.4, -0.2) is 24.6 Å². The van der Waals surface area contributed by atoms with E-state index in [1.165, 1.54) is 0 Å². The lowest BCUT2D eigenvalue weighted by atomic mass is 10.1. The van der Waals surface area contributed by atoms with Gasteiger partial charge in [-0.05, 0) is 40.2 Å². The first-order valence-corrected chi connectivity index (χ1v) is 6.54. The number of hydrogen-bond donors (Lipinski definition) is 1. The van der Waals surface area contributed by atoms with Crippen LogP contribution in [0.25, 0.3) is 27.9 Å². The summed E-state index contributed by atoms with van der Waals surface area (Å²) in [6, 6.07) is 9.95. The number of nitrogens with zero attached hydrogens (tertiary/aromatic N) is 4. The van der Waals surface area contributed by atoms with Crippen LogP contribution in [0.3, 0.4) is 0 Å². The van der Waals surface area contributed by atoms with Gasteiger partial charge < -0.3 is 4.98 Å². The number of benzene rings is 1. The van der Waals surface area contributed by atoms with Gasteiger partial charge in [0.15, 0.2) is 5.65 Å². The van der Waals surface area contributed by atoms with E-state index in [9.17, 15) is 0 Å². The van der Waals surface area contributed by atoms with E-state index in [1.807, 2.05) is 30.3 Å². The second-order valence-electron chi connectivity index (χ2n) is 4.20. The molecule has 0 fully saturated rings. The summed E-state index contributed by atoms with van der Waals surface area (Å²) in [7, 11) is 0. The molecule has 1 aromatic carbocycles. The minimum atomic E-state index is 0.818. The molecule has 0 aliphatic carbocycles. The maximum Gasteiger partial charge on any atom is 0.154 e. The van der Waals surface area contributed by atoms with E-state index < -0.39 is 0 Å². The van der Waals surface area contributed by atoms with Crippen LogP contribution in [0, 0.1) is 0 Å². The topological polar surface area (TPSA) is 58.9 Å². The highest BCUT2D eigenvalue weighted by Gasteiger charge is 2.06. The minimum absolute atomic E-state index is 0.818. The van der Waals surface area contributed by atoms with Crippen molar-refractivity contribution in [3.63, 3.8) is 0 Å². The zero-order valence-corrected chi connectivity index (χ0v) is 11.3. The zero-order valence-electron chi connectivity index (χ0n) is 9.71. The highest BCUT2D eigenvalue weighted by atomic mass is 79.9. The van der Waals surface area contributed by atoms with Crippen molar-refractivity contribution in [2.24, 2.45) is 0 Å². The summed E-state index contributed by atoms with van der Waals surface area (Å²) in [5.41, 5.74) is 4.71. The number of aromatic amines is 1. The predicted octanol–water partition coefficient (Wildman–Crippen LogP) is 3.04. The molecule has 1 N–H and O–H groups in total. The van der Waals surface area contributed by atoms with Crippen molar-refractivity contribution in [3.05, 3.63) is 47.5 Å². The molecule has 92 valence electrons. The van der Waals surface area contributed by atoms with E-state index in [1.54, 1.807) is 17.0 Å². The van der Waals surface area contributed by atoms with E-state index in [0.717, 1.165) is 32.5 Å². The van der Waals surface area contributed by atoms with Crippen LogP contribution in [0.2, 0.25) is 0 Å².